The molecule has 1 aliphatic heterocycles. The van der Waals surface area contributed by atoms with Crippen LogP contribution in [-0.2, 0) is 7.05 Å². The minimum Gasteiger partial charge on any atom is -0.337 e. The first-order valence-electron chi connectivity index (χ1n) is 6.66. The molecule has 0 aromatic carbocycles. The van der Waals surface area contributed by atoms with E-state index in [9.17, 15) is 9.59 Å². The van der Waals surface area contributed by atoms with Crippen molar-refractivity contribution in [1.29, 1.82) is 0 Å². The number of nitrogens with one attached hydrogen (secondary N) is 1. The normalized spacial score (nSPS) is 16.4. The molecular weight excluding hydrogens is 296 g/mol. The molecule has 0 saturated carbocycles. The fourth-order valence-corrected chi connectivity index (χ4v) is 2.72. The molecule has 0 radical (unpaired) electrons. The number of amides is 1. The number of halogens is 1. The number of aromatic amines is 1. The largest absolute Gasteiger partial charge is 0.343 e. The molecule has 2 aromatic rings. The van der Waals surface area contributed by atoms with E-state index in [4.69, 9.17) is 11.6 Å². The Morgan fingerprint density at radius 2 is 2.14 bits per heavy atom. The lowest BCUT2D eigenvalue weighted by atomic mass is 10.0. The lowest BCUT2D eigenvalue weighted by Gasteiger charge is -2.31. The average molecular weight is 311 g/mol. The van der Waals surface area contributed by atoms with E-state index in [0.717, 1.165) is 0 Å². The number of carbonyl (C=O) groups excluding carboxylic acids is 1. The second-order valence-electron chi connectivity index (χ2n) is 5.07. The van der Waals surface area contributed by atoms with Gasteiger partial charge in [0.15, 0.2) is 5.69 Å². The molecule has 112 valence electrons. The highest BCUT2D eigenvalue weighted by Gasteiger charge is 2.26. The van der Waals surface area contributed by atoms with Gasteiger partial charge in [0.1, 0.15) is 11.5 Å². The van der Waals surface area contributed by atoms with Crippen LogP contribution in [0.1, 0.15) is 29.4 Å². The number of rotatable bonds is 2. The maximum absolute atomic E-state index is 12.3. The van der Waals surface area contributed by atoms with Gasteiger partial charge in [-0.15, -0.1) is 0 Å². The van der Waals surface area contributed by atoms with Crippen molar-refractivity contribution in [3.8, 4) is 0 Å². The van der Waals surface area contributed by atoms with Gasteiger partial charge in [0, 0.05) is 32.2 Å². The zero-order chi connectivity index (χ0) is 15.0. The van der Waals surface area contributed by atoms with E-state index in [1.165, 1.54) is 11.0 Å². The van der Waals surface area contributed by atoms with Crippen LogP contribution in [0.5, 0.6) is 0 Å². The molecule has 21 heavy (non-hydrogen) atoms. The van der Waals surface area contributed by atoms with Crippen molar-refractivity contribution in [2.24, 2.45) is 7.05 Å². The fraction of sp³-hybridized carbons (Fsp3) is 0.500. The summed E-state index contributed by atoms with van der Waals surface area (Å²) in [5, 5.41) is 10.6. The lowest BCUT2D eigenvalue weighted by Crippen LogP contribution is -2.40. The number of aryl methyl sites for hydroxylation is 1. The monoisotopic (exact) mass is 310 g/mol. The molecule has 1 amide bonds. The van der Waals surface area contributed by atoms with Crippen LogP contribution in [0.25, 0.3) is 0 Å². The number of likely N-dealkylation sites (tertiary alicyclic amines) is 1. The van der Waals surface area contributed by atoms with Gasteiger partial charge in [0.25, 0.3) is 5.91 Å². The number of carbonyl (C=O) groups is 1. The van der Waals surface area contributed by atoms with Crippen LogP contribution in [0.4, 0.5) is 0 Å². The number of H-pyrrole nitrogens is 1. The zero-order valence-electron chi connectivity index (χ0n) is 11.5. The Hall–Kier alpha value is -2.09. The lowest BCUT2D eigenvalue weighted by molar-refractivity contribution is 0.0686. The topological polar surface area (TPSA) is 88.8 Å². The van der Waals surface area contributed by atoms with E-state index in [1.54, 1.807) is 22.6 Å². The van der Waals surface area contributed by atoms with Gasteiger partial charge in [0.2, 0.25) is 0 Å². The summed E-state index contributed by atoms with van der Waals surface area (Å²) < 4.78 is 3.05. The van der Waals surface area contributed by atoms with Crippen molar-refractivity contribution in [1.82, 2.24) is 29.4 Å². The van der Waals surface area contributed by atoms with E-state index in [0.29, 0.717) is 36.8 Å². The summed E-state index contributed by atoms with van der Waals surface area (Å²) in [6.07, 6.45) is 2.93. The molecule has 1 saturated heterocycles. The van der Waals surface area contributed by atoms with Gasteiger partial charge in [-0.05, 0) is 12.8 Å². The average Bonchev–Trinajstić information content (AvgIpc) is 3.05. The van der Waals surface area contributed by atoms with Crippen molar-refractivity contribution in [3.05, 3.63) is 33.7 Å². The third-order valence-corrected chi connectivity index (χ3v) is 4.12. The Balaban J connectivity index is 1.67. The number of hydrogen-bond donors (Lipinski definition) is 1. The standard InChI is InChI=1S/C12H15ClN6O2/c1-17-10(13)6-9(16-17)11(20)18-4-2-8(3-5-18)19-7-14-15-12(19)21/h6-8H,2-5H2,1H3,(H,15,21). The van der Waals surface area contributed by atoms with Crippen LogP contribution in [0, 0.1) is 0 Å². The SMILES string of the molecule is Cn1nc(C(=O)N2CCC(n3cn[nH]c3=O)CC2)cc1Cl. The van der Waals surface area contributed by atoms with Gasteiger partial charge in [0.05, 0.1) is 0 Å². The number of nitrogens with zero attached hydrogens (tertiary/aromatic N) is 5. The molecular formula is C12H15ClN6O2. The van der Waals surface area contributed by atoms with Crippen LogP contribution < -0.4 is 5.69 Å². The van der Waals surface area contributed by atoms with Gasteiger partial charge >= 0.3 is 5.69 Å². The quantitative estimate of drug-likeness (QED) is 0.871. The van der Waals surface area contributed by atoms with Crippen molar-refractivity contribution in [2.75, 3.05) is 13.1 Å². The zero-order valence-corrected chi connectivity index (χ0v) is 12.2. The molecule has 1 aliphatic rings. The predicted molar refractivity (Wildman–Crippen MR) is 75.2 cm³/mol. The molecule has 0 bridgehead atoms. The smallest absolute Gasteiger partial charge is 0.337 e. The summed E-state index contributed by atoms with van der Waals surface area (Å²) in [5.74, 6) is -0.129. The van der Waals surface area contributed by atoms with Crippen molar-refractivity contribution in [3.63, 3.8) is 0 Å². The summed E-state index contributed by atoms with van der Waals surface area (Å²) in [6, 6.07) is 1.64. The molecule has 2 aromatic heterocycles. The van der Waals surface area contributed by atoms with Gasteiger partial charge in [-0.25, -0.2) is 9.89 Å². The summed E-state index contributed by atoms with van der Waals surface area (Å²) in [4.78, 5) is 25.6. The van der Waals surface area contributed by atoms with E-state index < -0.39 is 0 Å². The van der Waals surface area contributed by atoms with Crippen molar-refractivity contribution in [2.45, 2.75) is 18.9 Å². The number of aromatic nitrogens is 5. The van der Waals surface area contributed by atoms with Crippen molar-refractivity contribution < 1.29 is 4.79 Å². The maximum atomic E-state index is 12.3. The highest BCUT2D eigenvalue weighted by Crippen LogP contribution is 2.22. The van der Waals surface area contributed by atoms with E-state index in [2.05, 4.69) is 15.3 Å². The summed E-state index contributed by atoms with van der Waals surface area (Å²) in [7, 11) is 1.69. The Kier molecular flexibility index (Phi) is 3.54. The Labute approximate surface area is 125 Å². The van der Waals surface area contributed by atoms with E-state index in [1.807, 2.05) is 0 Å². The molecule has 8 nitrogen and oxygen atoms in total. The number of hydrogen-bond acceptors (Lipinski definition) is 4. The highest BCUT2D eigenvalue weighted by atomic mass is 35.5. The van der Waals surface area contributed by atoms with E-state index in [-0.39, 0.29) is 17.6 Å². The second-order valence-corrected chi connectivity index (χ2v) is 5.46. The Bertz CT molecular complexity index is 690. The third kappa shape index (κ3) is 2.58. The second kappa shape index (κ2) is 5.36. The van der Waals surface area contributed by atoms with Crippen LogP contribution >= 0.6 is 11.6 Å². The maximum Gasteiger partial charge on any atom is 0.343 e. The Morgan fingerprint density at radius 1 is 1.43 bits per heavy atom. The molecule has 3 rings (SSSR count). The van der Waals surface area contributed by atoms with Crippen LogP contribution in [0.15, 0.2) is 17.2 Å². The molecule has 9 heteroatoms. The van der Waals surface area contributed by atoms with E-state index >= 15 is 0 Å². The molecule has 1 N–H and O–H groups in total. The summed E-state index contributed by atoms with van der Waals surface area (Å²) >= 11 is 5.90. The molecule has 3 heterocycles. The number of piperidine rings is 1. The first-order chi connectivity index (χ1) is 10.1. The minimum atomic E-state index is -0.212. The first kappa shape index (κ1) is 13.9. The molecule has 1 fully saturated rings. The molecule has 0 atom stereocenters. The first-order valence-corrected chi connectivity index (χ1v) is 7.04. The predicted octanol–water partition coefficient (Wildman–Crippen LogP) is 0.436. The highest BCUT2D eigenvalue weighted by molar-refractivity contribution is 6.29. The van der Waals surface area contributed by atoms with Crippen LogP contribution in [0.2, 0.25) is 5.15 Å². The minimum absolute atomic E-state index is 0.0765. The van der Waals surface area contributed by atoms with Gasteiger partial charge in [-0.1, -0.05) is 11.6 Å². The van der Waals surface area contributed by atoms with Crippen LogP contribution in [-0.4, -0.2) is 48.4 Å². The molecule has 0 spiro atoms. The molecule has 0 aliphatic carbocycles. The Morgan fingerprint density at radius 3 is 2.67 bits per heavy atom. The van der Waals surface area contributed by atoms with Gasteiger partial charge in [-0.2, -0.15) is 10.2 Å². The third-order valence-electron chi connectivity index (χ3n) is 3.76. The van der Waals surface area contributed by atoms with Crippen LogP contribution in [0.3, 0.4) is 0 Å². The summed E-state index contributed by atoms with van der Waals surface area (Å²) in [6.45, 7) is 1.16. The summed E-state index contributed by atoms with van der Waals surface area (Å²) in [5.41, 5.74) is 0.137. The molecule has 0 unspecified atom stereocenters. The fourth-order valence-electron chi connectivity index (χ4n) is 2.57. The van der Waals surface area contributed by atoms with Gasteiger partial charge in [-0.3, -0.25) is 14.0 Å². The van der Waals surface area contributed by atoms with Crippen molar-refractivity contribution >= 4 is 17.5 Å². The van der Waals surface area contributed by atoms with Gasteiger partial charge < -0.3 is 4.90 Å².